The summed E-state index contributed by atoms with van der Waals surface area (Å²) in [4.78, 5) is 30.5. The van der Waals surface area contributed by atoms with Gasteiger partial charge in [0.15, 0.2) is 0 Å². The summed E-state index contributed by atoms with van der Waals surface area (Å²) in [6.45, 7) is 2.63. The molecule has 3 aromatic rings. The average molecular weight is 351 g/mol. The fraction of sp³-hybridized carbons (Fsp3) is 0.211. The number of rotatable bonds is 3. The van der Waals surface area contributed by atoms with Gasteiger partial charge in [-0.1, -0.05) is 0 Å². The summed E-state index contributed by atoms with van der Waals surface area (Å²) >= 11 is 1.52. The Morgan fingerprint density at radius 3 is 2.96 bits per heavy atom. The molecule has 1 aliphatic rings. The molecule has 6 heteroatoms. The van der Waals surface area contributed by atoms with E-state index in [1.54, 1.807) is 16.5 Å². The van der Waals surface area contributed by atoms with E-state index in [1.165, 1.54) is 11.3 Å². The number of hydrogen-bond acceptors (Lipinski definition) is 4. The van der Waals surface area contributed by atoms with Crippen LogP contribution in [-0.2, 0) is 11.2 Å². The summed E-state index contributed by atoms with van der Waals surface area (Å²) < 4.78 is 0.996. The molecule has 5 nitrogen and oxygen atoms in total. The van der Waals surface area contributed by atoms with Crippen LogP contribution in [0, 0.1) is 0 Å². The average Bonchev–Trinajstić information content (AvgIpc) is 3.09. The van der Waals surface area contributed by atoms with E-state index < -0.39 is 0 Å². The van der Waals surface area contributed by atoms with E-state index in [-0.39, 0.29) is 11.8 Å². The molecule has 0 fully saturated rings. The number of nitrogens with zero attached hydrogens (tertiary/aromatic N) is 2. The minimum atomic E-state index is -0.144. The SMILES string of the molecule is CCN1C(=O)CCc2cc(NC(=O)c3ccc4ncsc4c3)ccc21. The van der Waals surface area contributed by atoms with Crippen LogP contribution in [0.5, 0.6) is 0 Å². The number of anilines is 2. The number of amides is 2. The van der Waals surface area contributed by atoms with Crippen molar-refractivity contribution in [1.29, 1.82) is 0 Å². The lowest BCUT2D eigenvalue weighted by Gasteiger charge is -2.28. The van der Waals surface area contributed by atoms with E-state index in [0.717, 1.165) is 27.2 Å². The van der Waals surface area contributed by atoms with E-state index in [4.69, 9.17) is 0 Å². The van der Waals surface area contributed by atoms with Crippen molar-refractivity contribution in [3.05, 3.63) is 53.0 Å². The van der Waals surface area contributed by atoms with Gasteiger partial charge in [-0.15, -0.1) is 11.3 Å². The summed E-state index contributed by atoms with van der Waals surface area (Å²) in [6, 6.07) is 11.2. The third-order valence-electron chi connectivity index (χ3n) is 4.45. The molecule has 0 bridgehead atoms. The van der Waals surface area contributed by atoms with Gasteiger partial charge < -0.3 is 10.2 Å². The Balaban J connectivity index is 1.58. The quantitative estimate of drug-likeness (QED) is 0.780. The molecule has 1 aromatic heterocycles. The highest BCUT2D eigenvalue weighted by Gasteiger charge is 2.23. The van der Waals surface area contributed by atoms with Crippen molar-refractivity contribution in [2.75, 3.05) is 16.8 Å². The molecule has 2 amide bonds. The van der Waals surface area contributed by atoms with Gasteiger partial charge in [0.1, 0.15) is 0 Å². The molecule has 0 atom stereocenters. The van der Waals surface area contributed by atoms with Gasteiger partial charge >= 0.3 is 0 Å². The molecular formula is C19H17N3O2S. The Bertz CT molecular complexity index is 980. The van der Waals surface area contributed by atoms with Crippen LogP contribution in [0.1, 0.15) is 29.3 Å². The number of carbonyl (C=O) groups excluding carboxylic acids is 2. The predicted molar refractivity (Wildman–Crippen MR) is 100 cm³/mol. The molecule has 1 N–H and O–H groups in total. The number of aryl methyl sites for hydroxylation is 1. The van der Waals surface area contributed by atoms with Crippen molar-refractivity contribution < 1.29 is 9.59 Å². The molecule has 0 aliphatic carbocycles. The minimum absolute atomic E-state index is 0.144. The maximum Gasteiger partial charge on any atom is 0.255 e. The molecule has 2 aromatic carbocycles. The van der Waals surface area contributed by atoms with Crippen molar-refractivity contribution in [1.82, 2.24) is 4.98 Å². The van der Waals surface area contributed by atoms with Crippen LogP contribution in [0.4, 0.5) is 11.4 Å². The summed E-state index contributed by atoms with van der Waals surface area (Å²) in [5, 5.41) is 2.95. The number of nitrogens with one attached hydrogen (secondary N) is 1. The van der Waals surface area contributed by atoms with Crippen molar-refractivity contribution in [2.24, 2.45) is 0 Å². The lowest BCUT2D eigenvalue weighted by atomic mass is 10.0. The molecule has 0 unspecified atom stereocenters. The molecule has 0 saturated heterocycles. The largest absolute Gasteiger partial charge is 0.322 e. The molecule has 0 saturated carbocycles. The van der Waals surface area contributed by atoms with Gasteiger partial charge in [-0.2, -0.15) is 0 Å². The first-order chi connectivity index (χ1) is 12.2. The standard InChI is InChI=1S/C19H17N3O2S/c1-2-22-16-7-5-14(9-12(16)4-8-18(22)23)21-19(24)13-3-6-15-17(10-13)25-11-20-15/h3,5-7,9-11H,2,4,8H2,1H3,(H,21,24). The maximum absolute atomic E-state index is 12.5. The van der Waals surface area contributed by atoms with Gasteiger partial charge in [0.05, 0.1) is 15.7 Å². The number of aromatic nitrogens is 1. The second kappa shape index (κ2) is 6.29. The normalized spacial score (nSPS) is 13.8. The Hall–Kier alpha value is -2.73. The Morgan fingerprint density at radius 2 is 2.12 bits per heavy atom. The van der Waals surface area contributed by atoms with E-state index in [0.29, 0.717) is 24.9 Å². The molecule has 0 spiro atoms. The fourth-order valence-electron chi connectivity index (χ4n) is 3.18. The van der Waals surface area contributed by atoms with Gasteiger partial charge in [0.2, 0.25) is 5.91 Å². The van der Waals surface area contributed by atoms with E-state index in [1.807, 2.05) is 37.3 Å². The van der Waals surface area contributed by atoms with Crippen LogP contribution in [0.2, 0.25) is 0 Å². The fourth-order valence-corrected chi connectivity index (χ4v) is 3.90. The summed E-state index contributed by atoms with van der Waals surface area (Å²) in [7, 11) is 0. The highest BCUT2D eigenvalue weighted by atomic mass is 32.1. The Morgan fingerprint density at radius 1 is 1.24 bits per heavy atom. The maximum atomic E-state index is 12.5. The zero-order chi connectivity index (χ0) is 17.4. The van der Waals surface area contributed by atoms with Gasteiger partial charge in [0, 0.05) is 29.9 Å². The van der Waals surface area contributed by atoms with E-state index in [2.05, 4.69) is 10.3 Å². The first-order valence-corrected chi connectivity index (χ1v) is 9.11. The van der Waals surface area contributed by atoms with Crippen LogP contribution >= 0.6 is 11.3 Å². The summed E-state index contributed by atoms with van der Waals surface area (Å²) in [5.74, 6) is 0.0131. The third-order valence-corrected chi connectivity index (χ3v) is 5.24. The van der Waals surface area contributed by atoms with Crippen LogP contribution < -0.4 is 10.2 Å². The predicted octanol–water partition coefficient (Wildman–Crippen LogP) is 3.85. The number of hydrogen-bond donors (Lipinski definition) is 1. The van der Waals surface area contributed by atoms with Crippen LogP contribution in [-0.4, -0.2) is 23.3 Å². The van der Waals surface area contributed by atoms with Gasteiger partial charge in [-0.25, -0.2) is 4.98 Å². The number of carbonyl (C=O) groups is 2. The van der Waals surface area contributed by atoms with Crippen LogP contribution in [0.15, 0.2) is 41.9 Å². The number of fused-ring (bicyclic) bond motifs is 2. The first-order valence-electron chi connectivity index (χ1n) is 8.23. The molecular weight excluding hydrogens is 334 g/mol. The van der Waals surface area contributed by atoms with Crippen molar-refractivity contribution in [3.63, 3.8) is 0 Å². The zero-order valence-electron chi connectivity index (χ0n) is 13.8. The topological polar surface area (TPSA) is 62.3 Å². The monoisotopic (exact) mass is 351 g/mol. The van der Waals surface area contributed by atoms with Gasteiger partial charge in [0.25, 0.3) is 5.91 Å². The Kier molecular flexibility index (Phi) is 3.97. The minimum Gasteiger partial charge on any atom is -0.322 e. The zero-order valence-corrected chi connectivity index (χ0v) is 14.6. The van der Waals surface area contributed by atoms with Crippen molar-refractivity contribution in [3.8, 4) is 0 Å². The van der Waals surface area contributed by atoms with Crippen molar-refractivity contribution >= 4 is 44.7 Å². The molecule has 2 heterocycles. The second-order valence-corrected chi connectivity index (χ2v) is 6.86. The molecule has 126 valence electrons. The molecule has 0 radical (unpaired) electrons. The van der Waals surface area contributed by atoms with Crippen LogP contribution in [0.3, 0.4) is 0 Å². The lowest BCUT2D eigenvalue weighted by molar-refractivity contribution is -0.118. The molecule has 1 aliphatic heterocycles. The van der Waals surface area contributed by atoms with Gasteiger partial charge in [-0.3, -0.25) is 9.59 Å². The third kappa shape index (κ3) is 2.89. The number of thiazole rings is 1. The van der Waals surface area contributed by atoms with Gasteiger partial charge in [-0.05, 0) is 55.3 Å². The Labute approximate surface area is 149 Å². The smallest absolute Gasteiger partial charge is 0.255 e. The molecule has 25 heavy (non-hydrogen) atoms. The molecule has 4 rings (SSSR count). The van der Waals surface area contributed by atoms with E-state index >= 15 is 0 Å². The van der Waals surface area contributed by atoms with Crippen LogP contribution in [0.25, 0.3) is 10.2 Å². The highest BCUT2D eigenvalue weighted by Crippen LogP contribution is 2.30. The van der Waals surface area contributed by atoms with Crippen molar-refractivity contribution in [2.45, 2.75) is 19.8 Å². The summed E-state index contributed by atoms with van der Waals surface area (Å²) in [5.41, 5.74) is 6.08. The summed E-state index contributed by atoms with van der Waals surface area (Å²) in [6.07, 6.45) is 1.22. The lowest BCUT2D eigenvalue weighted by Crippen LogP contribution is -2.34. The van der Waals surface area contributed by atoms with E-state index in [9.17, 15) is 9.59 Å². The first kappa shape index (κ1) is 15.8. The number of benzene rings is 2. The second-order valence-electron chi connectivity index (χ2n) is 5.97. The highest BCUT2D eigenvalue weighted by molar-refractivity contribution is 7.16.